The predicted molar refractivity (Wildman–Crippen MR) is 116 cm³/mol. The fourth-order valence-electron chi connectivity index (χ4n) is 5.63. The minimum absolute atomic E-state index is 0.0924. The number of rotatable bonds is 1. The third-order valence-corrected chi connectivity index (χ3v) is 7.12. The van der Waals surface area contributed by atoms with Gasteiger partial charge in [-0.2, -0.15) is 0 Å². The van der Waals surface area contributed by atoms with Gasteiger partial charge in [0.25, 0.3) is 5.91 Å². The molecule has 0 radical (unpaired) electrons. The molecule has 1 N–H and O–H groups in total. The summed E-state index contributed by atoms with van der Waals surface area (Å²) in [6, 6.07) is 11.9. The Kier molecular flexibility index (Phi) is 4.18. The normalized spacial score (nSPS) is 26.5. The molecule has 4 heterocycles. The molecule has 0 bridgehead atoms. The fraction of sp³-hybridized carbons (Fsp3) is 0.375. The van der Waals surface area contributed by atoms with Gasteiger partial charge in [0.15, 0.2) is 16.9 Å². The van der Waals surface area contributed by atoms with E-state index in [0.29, 0.717) is 17.2 Å². The fourth-order valence-corrected chi connectivity index (χ4v) is 5.63. The van der Waals surface area contributed by atoms with E-state index in [1.54, 1.807) is 18.2 Å². The average Bonchev–Trinajstić information content (AvgIpc) is 3.12. The molecule has 4 aliphatic rings. The Morgan fingerprint density at radius 3 is 2.72 bits per heavy atom. The van der Waals surface area contributed by atoms with Gasteiger partial charge in [-0.3, -0.25) is 14.9 Å². The van der Waals surface area contributed by atoms with E-state index in [2.05, 4.69) is 16.3 Å². The number of hydrogen-bond acceptors (Lipinski definition) is 6. The Bertz CT molecular complexity index is 1150. The summed E-state index contributed by atoms with van der Waals surface area (Å²) in [5, 5.41) is 2.50. The molecule has 4 aliphatic heterocycles. The lowest BCUT2D eigenvalue weighted by molar-refractivity contribution is -0.144. The molecule has 2 aromatic carbocycles. The topological polar surface area (TPSA) is 88.2 Å². The number of anilines is 2. The zero-order valence-corrected chi connectivity index (χ0v) is 17.5. The molecular formula is C24H23N3O5. The Labute approximate surface area is 185 Å². The zero-order chi connectivity index (χ0) is 21.9. The van der Waals surface area contributed by atoms with E-state index in [0.717, 1.165) is 48.4 Å². The number of nitrogens with zero attached hydrogens (tertiary/aromatic N) is 2. The first-order valence-electron chi connectivity index (χ1n) is 11.0. The first-order valence-corrected chi connectivity index (χ1v) is 11.0. The van der Waals surface area contributed by atoms with Gasteiger partial charge < -0.3 is 14.4 Å². The Morgan fingerprint density at radius 2 is 1.81 bits per heavy atom. The SMILES string of the molecule is O=C1NC(=O)[C@@]2(Cc3ccccc3N3CCCCC[C@H]32)C(=O)N1c1ccc2c(c1)OCO2. The predicted octanol–water partition coefficient (Wildman–Crippen LogP) is 2.99. The maximum absolute atomic E-state index is 14.1. The smallest absolute Gasteiger partial charge is 0.335 e. The maximum atomic E-state index is 14.1. The number of amides is 4. The number of benzene rings is 2. The van der Waals surface area contributed by atoms with Gasteiger partial charge in [-0.25, -0.2) is 9.69 Å². The average molecular weight is 433 g/mol. The molecule has 4 amide bonds. The molecular weight excluding hydrogens is 410 g/mol. The Morgan fingerprint density at radius 1 is 0.969 bits per heavy atom. The summed E-state index contributed by atoms with van der Waals surface area (Å²) in [7, 11) is 0. The molecule has 32 heavy (non-hydrogen) atoms. The second-order valence-electron chi connectivity index (χ2n) is 8.77. The number of nitrogens with one attached hydrogen (secondary N) is 1. The van der Waals surface area contributed by atoms with Crippen molar-refractivity contribution in [2.45, 2.75) is 38.1 Å². The number of ether oxygens (including phenoxy) is 2. The summed E-state index contributed by atoms with van der Waals surface area (Å²) in [5.41, 5.74) is 1.03. The van der Waals surface area contributed by atoms with Gasteiger partial charge in [0.1, 0.15) is 0 Å². The number of carbonyl (C=O) groups is 3. The third kappa shape index (κ3) is 2.58. The van der Waals surface area contributed by atoms with Gasteiger partial charge >= 0.3 is 6.03 Å². The van der Waals surface area contributed by atoms with Crippen molar-refractivity contribution in [1.82, 2.24) is 5.32 Å². The van der Waals surface area contributed by atoms with Crippen molar-refractivity contribution in [2.24, 2.45) is 5.41 Å². The van der Waals surface area contributed by atoms with Crippen LogP contribution >= 0.6 is 0 Å². The van der Waals surface area contributed by atoms with E-state index < -0.39 is 23.3 Å². The van der Waals surface area contributed by atoms with Crippen LogP contribution in [0.5, 0.6) is 11.5 Å². The minimum Gasteiger partial charge on any atom is -0.454 e. The van der Waals surface area contributed by atoms with Gasteiger partial charge in [-0.15, -0.1) is 0 Å². The van der Waals surface area contributed by atoms with Crippen molar-refractivity contribution < 1.29 is 23.9 Å². The van der Waals surface area contributed by atoms with Crippen molar-refractivity contribution in [1.29, 1.82) is 0 Å². The van der Waals surface area contributed by atoms with Gasteiger partial charge in [0.05, 0.1) is 11.7 Å². The monoisotopic (exact) mass is 433 g/mol. The molecule has 2 aromatic rings. The van der Waals surface area contributed by atoms with Gasteiger partial charge in [-0.1, -0.05) is 31.0 Å². The Balaban J connectivity index is 1.49. The molecule has 0 unspecified atom stereocenters. The van der Waals surface area contributed by atoms with Crippen LogP contribution in [0.4, 0.5) is 16.2 Å². The summed E-state index contributed by atoms with van der Waals surface area (Å²) in [6.45, 7) is 0.872. The van der Waals surface area contributed by atoms with Crippen LogP contribution in [0.15, 0.2) is 42.5 Å². The largest absolute Gasteiger partial charge is 0.454 e. The van der Waals surface area contributed by atoms with Crippen molar-refractivity contribution in [2.75, 3.05) is 23.1 Å². The highest BCUT2D eigenvalue weighted by Gasteiger charge is 2.62. The molecule has 6 rings (SSSR count). The highest BCUT2D eigenvalue weighted by molar-refractivity contribution is 6.30. The molecule has 0 aliphatic carbocycles. The molecule has 0 aromatic heterocycles. The minimum atomic E-state index is -1.37. The summed E-state index contributed by atoms with van der Waals surface area (Å²) in [5.74, 6) is 0.0532. The zero-order valence-electron chi connectivity index (χ0n) is 17.5. The molecule has 164 valence electrons. The summed E-state index contributed by atoms with van der Waals surface area (Å²) in [4.78, 5) is 43.8. The van der Waals surface area contributed by atoms with Gasteiger partial charge in [-0.05, 0) is 43.0 Å². The number of para-hydroxylation sites is 1. The number of carbonyl (C=O) groups excluding carboxylic acids is 3. The van der Waals surface area contributed by atoms with Crippen LogP contribution in [-0.2, 0) is 16.0 Å². The highest BCUT2D eigenvalue weighted by Crippen LogP contribution is 2.48. The van der Waals surface area contributed by atoms with Crippen LogP contribution in [0.25, 0.3) is 0 Å². The molecule has 8 nitrogen and oxygen atoms in total. The van der Waals surface area contributed by atoms with Crippen LogP contribution < -0.4 is 24.6 Å². The summed E-state index contributed by atoms with van der Waals surface area (Å²) >= 11 is 0. The van der Waals surface area contributed by atoms with Crippen molar-refractivity contribution in [3.8, 4) is 11.5 Å². The van der Waals surface area contributed by atoms with Gasteiger partial charge in [0, 0.05) is 18.3 Å². The lowest BCUT2D eigenvalue weighted by atomic mass is 9.67. The van der Waals surface area contributed by atoms with Crippen molar-refractivity contribution in [3.63, 3.8) is 0 Å². The van der Waals surface area contributed by atoms with E-state index in [1.807, 2.05) is 18.2 Å². The first-order chi connectivity index (χ1) is 15.6. The molecule has 2 fully saturated rings. The Hall–Kier alpha value is -3.55. The molecule has 1 spiro atoms. The molecule has 0 saturated carbocycles. The lowest BCUT2D eigenvalue weighted by Crippen LogP contribution is -2.72. The third-order valence-electron chi connectivity index (χ3n) is 7.12. The molecule has 8 heteroatoms. The number of fused-ring (bicyclic) bond motifs is 5. The van der Waals surface area contributed by atoms with E-state index >= 15 is 0 Å². The first kappa shape index (κ1) is 19.2. The van der Waals surface area contributed by atoms with Crippen LogP contribution in [0.3, 0.4) is 0 Å². The lowest BCUT2D eigenvalue weighted by Gasteiger charge is -2.51. The van der Waals surface area contributed by atoms with Crippen LogP contribution in [-0.4, -0.2) is 37.2 Å². The maximum Gasteiger partial charge on any atom is 0.335 e. The van der Waals surface area contributed by atoms with Crippen LogP contribution in [0, 0.1) is 5.41 Å². The number of barbiturate groups is 1. The number of imide groups is 2. The van der Waals surface area contributed by atoms with E-state index in [9.17, 15) is 14.4 Å². The van der Waals surface area contributed by atoms with Crippen molar-refractivity contribution >= 4 is 29.2 Å². The molecule has 2 atom stereocenters. The second kappa shape index (κ2) is 6.98. The number of urea groups is 1. The molecule has 2 saturated heterocycles. The van der Waals surface area contributed by atoms with E-state index in [4.69, 9.17) is 9.47 Å². The van der Waals surface area contributed by atoms with Crippen molar-refractivity contribution in [3.05, 3.63) is 48.0 Å². The second-order valence-corrected chi connectivity index (χ2v) is 8.77. The van der Waals surface area contributed by atoms with E-state index in [1.165, 1.54) is 0 Å². The quantitative estimate of drug-likeness (QED) is 0.696. The van der Waals surface area contributed by atoms with Gasteiger partial charge in [0.2, 0.25) is 12.7 Å². The standard InChI is InChI=1S/C24H23N3O5/c28-21-24(13-15-6-3-4-7-17(15)26-11-5-1-2-8-20(24)26)22(29)27(23(30)25-21)16-9-10-18-19(12-16)32-14-31-18/h3-4,6-7,9-10,12,20H,1-2,5,8,11,13-14H2,(H,25,28,30)/t20-,24-/m0/s1. The number of hydrogen-bond donors (Lipinski definition) is 1. The highest BCUT2D eigenvalue weighted by atomic mass is 16.7. The van der Waals surface area contributed by atoms with E-state index in [-0.39, 0.29) is 19.3 Å². The van der Waals surface area contributed by atoms with Crippen LogP contribution in [0.2, 0.25) is 0 Å². The summed E-state index contributed by atoms with van der Waals surface area (Å²) in [6.07, 6.45) is 3.97. The van der Waals surface area contributed by atoms with Crippen LogP contribution in [0.1, 0.15) is 31.2 Å². The summed E-state index contributed by atoms with van der Waals surface area (Å²) < 4.78 is 10.8.